The van der Waals surface area contributed by atoms with Crippen LogP contribution in [0.2, 0.25) is 0 Å². The largest absolute Gasteiger partial charge is 0.316 e. The SMILES string of the molecule is CCCNCC1(CN(CC)C(C)CC)CCCCCC1. The molecule has 1 aliphatic carbocycles. The molecule has 1 aliphatic rings. The molecule has 1 fully saturated rings. The van der Waals surface area contributed by atoms with Crippen molar-refractivity contribution in [2.75, 3.05) is 26.2 Å². The lowest BCUT2D eigenvalue weighted by Gasteiger charge is -2.40. The minimum atomic E-state index is 0.533. The van der Waals surface area contributed by atoms with Gasteiger partial charge in [0.25, 0.3) is 0 Å². The molecule has 20 heavy (non-hydrogen) atoms. The molecule has 0 aromatic heterocycles. The van der Waals surface area contributed by atoms with E-state index in [1.807, 2.05) is 0 Å². The first-order chi connectivity index (χ1) is 9.67. The van der Waals surface area contributed by atoms with Gasteiger partial charge in [0.1, 0.15) is 0 Å². The van der Waals surface area contributed by atoms with Crippen LogP contribution in [0.3, 0.4) is 0 Å². The van der Waals surface area contributed by atoms with Crippen LogP contribution >= 0.6 is 0 Å². The van der Waals surface area contributed by atoms with Crippen molar-refractivity contribution in [1.29, 1.82) is 0 Å². The van der Waals surface area contributed by atoms with E-state index in [4.69, 9.17) is 0 Å². The van der Waals surface area contributed by atoms with Crippen LogP contribution in [0.1, 0.15) is 79.1 Å². The Hall–Kier alpha value is -0.0800. The van der Waals surface area contributed by atoms with Crippen molar-refractivity contribution < 1.29 is 0 Å². The number of hydrogen-bond acceptors (Lipinski definition) is 2. The lowest BCUT2D eigenvalue weighted by molar-refractivity contribution is 0.101. The Labute approximate surface area is 127 Å². The molecule has 1 atom stereocenters. The molecule has 1 rings (SSSR count). The molecule has 0 saturated heterocycles. The molecule has 0 aromatic carbocycles. The van der Waals surface area contributed by atoms with Crippen molar-refractivity contribution in [2.45, 2.75) is 85.1 Å². The Morgan fingerprint density at radius 2 is 1.70 bits per heavy atom. The van der Waals surface area contributed by atoms with Gasteiger partial charge >= 0.3 is 0 Å². The summed E-state index contributed by atoms with van der Waals surface area (Å²) < 4.78 is 0. The van der Waals surface area contributed by atoms with Crippen LogP contribution in [0.25, 0.3) is 0 Å². The maximum atomic E-state index is 3.73. The maximum Gasteiger partial charge on any atom is 0.00644 e. The average molecular weight is 283 g/mol. The van der Waals surface area contributed by atoms with Crippen molar-refractivity contribution in [3.8, 4) is 0 Å². The van der Waals surface area contributed by atoms with Gasteiger partial charge in [0.05, 0.1) is 0 Å². The number of nitrogens with zero attached hydrogens (tertiary/aromatic N) is 1. The second kappa shape index (κ2) is 9.78. The minimum absolute atomic E-state index is 0.533. The normalized spacial score (nSPS) is 20.9. The van der Waals surface area contributed by atoms with E-state index >= 15 is 0 Å². The van der Waals surface area contributed by atoms with E-state index in [9.17, 15) is 0 Å². The van der Waals surface area contributed by atoms with E-state index in [0.717, 1.165) is 6.04 Å². The van der Waals surface area contributed by atoms with Crippen molar-refractivity contribution >= 4 is 0 Å². The van der Waals surface area contributed by atoms with E-state index in [1.165, 1.54) is 77.5 Å². The van der Waals surface area contributed by atoms with Gasteiger partial charge in [0, 0.05) is 19.1 Å². The lowest BCUT2D eigenvalue weighted by Crippen LogP contribution is -2.47. The molecule has 1 N–H and O–H groups in total. The van der Waals surface area contributed by atoms with Crippen LogP contribution in [0.4, 0.5) is 0 Å². The van der Waals surface area contributed by atoms with Gasteiger partial charge in [-0.15, -0.1) is 0 Å². The van der Waals surface area contributed by atoms with Crippen LogP contribution in [-0.4, -0.2) is 37.1 Å². The first kappa shape index (κ1) is 18.0. The highest BCUT2D eigenvalue weighted by Gasteiger charge is 2.33. The van der Waals surface area contributed by atoms with Crippen molar-refractivity contribution in [1.82, 2.24) is 10.2 Å². The topological polar surface area (TPSA) is 15.3 Å². The third-order valence-corrected chi connectivity index (χ3v) is 5.25. The predicted molar refractivity (Wildman–Crippen MR) is 90.3 cm³/mol. The molecule has 0 aromatic rings. The fourth-order valence-corrected chi connectivity index (χ4v) is 3.67. The molecule has 1 saturated carbocycles. The number of nitrogens with one attached hydrogen (secondary N) is 1. The van der Waals surface area contributed by atoms with Gasteiger partial charge < -0.3 is 10.2 Å². The van der Waals surface area contributed by atoms with Crippen LogP contribution in [-0.2, 0) is 0 Å². The summed E-state index contributed by atoms with van der Waals surface area (Å²) in [5, 5.41) is 3.73. The summed E-state index contributed by atoms with van der Waals surface area (Å²) in [6.45, 7) is 14.2. The Morgan fingerprint density at radius 1 is 1.05 bits per heavy atom. The van der Waals surface area contributed by atoms with E-state index in [-0.39, 0.29) is 0 Å². The Kier molecular flexibility index (Phi) is 8.79. The summed E-state index contributed by atoms with van der Waals surface area (Å²) >= 11 is 0. The molecule has 0 amide bonds. The molecular formula is C18H38N2. The van der Waals surface area contributed by atoms with Crippen LogP contribution in [0.15, 0.2) is 0 Å². The quantitative estimate of drug-likeness (QED) is 0.496. The van der Waals surface area contributed by atoms with Gasteiger partial charge in [-0.3, -0.25) is 0 Å². The summed E-state index contributed by atoms with van der Waals surface area (Å²) in [5.41, 5.74) is 0.533. The first-order valence-electron chi connectivity index (χ1n) is 9.12. The zero-order valence-electron chi connectivity index (χ0n) is 14.5. The van der Waals surface area contributed by atoms with E-state index in [0.29, 0.717) is 5.41 Å². The molecule has 1 unspecified atom stereocenters. The van der Waals surface area contributed by atoms with E-state index in [2.05, 4.69) is 37.9 Å². The third kappa shape index (κ3) is 5.73. The van der Waals surface area contributed by atoms with Gasteiger partial charge in [-0.25, -0.2) is 0 Å². The van der Waals surface area contributed by atoms with E-state index in [1.54, 1.807) is 0 Å². The molecule has 0 heterocycles. The van der Waals surface area contributed by atoms with Crippen LogP contribution < -0.4 is 5.32 Å². The second-order valence-corrected chi connectivity index (χ2v) is 6.91. The number of hydrogen-bond donors (Lipinski definition) is 1. The highest BCUT2D eigenvalue weighted by molar-refractivity contribution is 4.88. The fourth-order valence-electron chi connectivity index (χ4n) is 3.67. The zero-order valence-corrected chi connectivity index (χ0v) is 14.5. The maximum absolute atomic E-state index is 3.73. The molecule has 0 aliphatic heterocycles. The second-order valence-electron chi connectivity index (χ2n) is 6.91. The van der Waals surface area contributed by atoms with Crippen LogP contribution in [0, 0.1) is 5.41 Å². The average Bonchev–Trinajstić information content (AvgIpc) is 2.70. The van der Waals surface area contributed by atoms with Gasteiger partial charge in [-0.05, 0) is 51.1 Å². The monoisotopic (exact) mass is 282 g/mol. The third-order valence-electron chi connectivity index (χ3n) is 5.25. The summed E-state index contributed by atoms with van der Waals surface area (Å²) in [4.78, 5) is 2.72. The highest BCUT2D eigenvalue weighted by Crippen LogP contribution is 2.36. The minimum Gasteiger partial charge on any atom is -0.316 e. The molecule has 120 valence electrons. The summed E-state index contributed by atoms with van der Waals surface area (Å²) in [6, 6.07) is 0.728. The van der Waals surface area contributed by atoms with Crippen LogP contribution in [0.5, 0.6) is 0 Å². The van der Waals surface area contributed by atoms with Crippen molar-refractivity contribution in [2.24, 2.45) is 5.41 Å². The lowest BCUT2D eigenvalue weighted by atomic mass is 9.79. The smallest absolute Gasteiger partial charge is 0.00644 e. The Morgan fingerprint density at radius 3 is 2.20 bits per heavy atom. The van der Waals surface area contributed by atoms with Crippen molar-refractivity contribution in [3.63, 3.8) is 0 Å². The number of rotatable bonds is 9. The van der Waals surface area contributed by atoms with Gasteiger partial charge in [-0.2, -0.15) is 0 Å². The molecule has 2 heteroatoms. The zero-order chi connectivity index (χ0) is 14.8. The first-order valence-corrected chi connectivity index (χ1v) is 9.12. The summed E-state index contributed by atoms with van der Waals surface area (Å²) in [5.74, 6) is 0. The summed E-state index contributed by atoms with van der Waals surface area (Å²) in [7, 11) is 0. The summed E-state index contributed by atoms with van der Waals surface area (Å²) in [6.07, 6.45) is 11.1. The Bertz CT molecular complexity index is 232. The van der Waals surface area contributed by atoms with Crippen molar-refractivity contribution in [3.05, 3.63) is 0 Å². The van der Waals surface area contributed by atoms with E-state index < -0.39 is 0 Å². The van der Waals surface area contributed by atoms with Gasteiger partial charge in [0.15, 0.2) is 0 Å². The molecular weight excluding hydrogens is 244 g/mol. The molecule has 0 bridgehead atoms. The van der Waals surface area contributed by atoms with Gasteiger partial charge in [-0.1, -0.05) is 46.5 Å². The molecule has 2 nitrogen and oxygen atoms in total. The Balaban J connectivity index is 2.68. The fraction of sp³-hybridized carbons (Fsp3) is 1.00. The standard InChI is InChI=1S/C18H38N2/c1-5-14-19-15-18(12-10-8-9-11-13-18)16-20(7-3)17(4)6-2/h17,19H,5-16H2,1-4H3. The molecule has 0 radical (unpaired) electrons. The van der Waals surface area contributed by atoms with Gasteiger partial charge in [0.2, 0.25) is 0 Å². The highest BCUT2D eigenvalue weighted by atomic mass is 15.2. The predicted octanol–water partition coefficient (Wildman–Crippen LogP) is 4.45. The molecule has 0 spiro atoms.